The number of fused-ring (bicyclic) bond motifs is 2. The predicted molar refractivity (Wildman–Crippen MR) is 109 cm³/mol. The van der Waals surface area contributed by atoms with Crippen molar-refractivity contribution in [2.24, 2.45) is 5.73 Å². The molecule has 3 aliphatic heterocycles. The first-order chi connectivity index (χ1) is 15.1. The molecule has 1 aromatic heterocycles. The van der Waals surface area contributed by atoms with Gasteiger partial charge in [-0.3, -0.25) is 14.5 Å². The number of hydrogen-bond donors (Lipinski definition) is 2. The number of para-hydroxylation sites is 1. The number of rotatable bonds is 5. The number of benzene rings is 1. The van der Waals surface area contributed by atoms with Gasteiger partial charge < -0.3 is 15.5 Å². The van der Waals surface area contributed by atoms with Crippen molar-refractivity contribution < 1.29 is 9.59 Å². The van der Waals surface area contributed by atoms with E-state index in [1.807, 2.05) is 34.1 Å². The summed E-state index contributed by atoms with van der Waals surface area (Å²) in [5, 5.41) is 23.4. The molecule has 3 saturated heterocycles. The lowest BCUT2D eigenvalue weighted by Crippen LogP contribution is -2.56. The van der Waals surface area contributed by atoms with Crippen LogP contribution in [0.5, 0.6) is 0 Å². The molecule has 5 rings (SSSR count). The summed E-state index contributed by atoms with van der Waals surface area (Å²) >= 11 is 0. The summed E-state index contributed by atoms with van der Waals surface area (Å²) < 4.78 is 0. The number of nitrogens with zero attached hydrogens (tertiary/aromatic N) is 7. The molecule has 2 bridgehead atoms. The summed E-state index contributed by atoms with van der Waals surface area (Å²) in [6.45, 7) is 1.51. The number of nitriles is 1. The molecule has 160 valence electrons. The van der Waals surface area contributed by atoms with E-state index in [1.165, 1.54) is 0 Å². The van der Waals surface area contributed by atoms with Crippen LogP contribution in [-0.2, 0) is 9.59 Å². The van der Waals surface area contributed by atoms with Gasteiger partial charge >= 0.3 is 0 Å². The Labute approximate surface area is 178 Å². The molecule has 2 amide bonds. The standard InChI is InChI=1S/C20H23N9O2/c21-9-12-4-3-7-28(12)19(30)15(22)11-27-10-13-8-17(27)20(31)29(13)16-6-2-1-5-14(16)18-23-25-26-24-18/h1-2,5-6,12-13,15,17H,3-4,7-8,10-11,22H2,(H,23,24,25,26)/t12-,13+,15-,17+/m0/s1. The molecule has 4 atom stereocenters. The number of aromatic nitrogens is 4. The Kier molecular flexibility index (Phi) is 4.88. The Morgan fingerprint density at radius 2 is 2.23 bits per heavy atom. The quantitative estimate of drug-likeness (QED) is 0.656. The first-order valence-electron chi connectivity index (χ1n) is 10.4. The molecule has 0 saturated carbocycles. The number of piperazine rings is 1. The number of tetrazole rings is 1. The molecule has 0 spiro atoms. The average Bonchev–Trinajstić information content (AvgIpc) is 3.57. The number of hydrogen-bond acceptors (Lipinski definition) is 8. The van der Waals surface area contributed by atoms with Crippen molar-refractivity contribution in [2.45, 2.75) is 43.4 Å². The number of H-pyrrole nitrogens is 1. The van der Waals surface area contributed by atoms with Gasteiger partial charge in [-0.1, -0.05) is 12.1 Å². The Bertz CT molecular complexity index is 1030. The molecule has 11 nitrogen and oxygen atoms in total. The van der Waals surface area contributed by atoms with Gasteiger partial charge in [0.15, 0.2) is 0 Å². The minimum atomic E-state index is -0.749. The van der Waals surface area contributed by atoms with Crippen LogP contribution in [0.2, 0.25) is 0 Å². The topological polar surface area (TPSA) is 148 Å². The number of nitrogens with two attached hydrogens (primary N) is 1. The van der Waals surface area contributed by atoms with E-state index in [2.05, 4.69) is 26.7 Å². The largest absolute Gasteiger partial charge is 0.325 e. The van der Waals surface area contributed by atoms with E-state index in [4.69, 9.17) is 5.73 Å². The third-order valence-electron chi connectivity index (χ3n) is 6.45. The molecular formula is C20H23N9O2. The second-order valence-corrected chi connectivity index (χ2v) is 8.25. The molecular weight excluding hydrogens is 398 g/mol. The number of aromatic amines is 1. The number of nitrogens with one attached hydrogen (secondary N) is 1. The highest BCUT2D eigenvalue weighted by Gasteiger charge is 2.51. The van der Waals surface area contributed by atoms with Gasteiger partial charge in [0.25, 0.3) is 0 Å². The fraction of sp³-hybridized carbons (Fsp3) is 0.500. The lowest BCUT2D eigenvalue weighted by Gasteiger charge is -2.36. The van der Waals surface area contributed by atoms with E-state index in [-0.39, 0.29) is 23.9 Å². The molecule has 0 unspecified atom stereocenters. The summed E-state index contributed by atoms with van der Waals surface area (Å²) in [5.74, 6) is 0.217. The molecule has 1 aromatic carbocycles. The van der Waals surface area contributed by atoms with Gasteiger partial charge in [0.2, 0.25) is 17.6 Å². The number of likely N-dealkylation sites (tertiary alicyclic amines) is 2. The first-order valence-corrected chi connectivity index (χ1v) is 10.4. The van der Waals surface area contributed by atoms with Crippen LogP contribution in [0.3, 0.4) is 0 Å². The van der Waals surface area contributed by atoms with E-state index in [0.29, 0.717) is 38.3 Å². The molecule has 31 heavy (non-hydrogen) atoms. The van der Waals surface area contributed by atoms with Crippen LogP contribution in [0.4, 0.5) is 5.69 Å². The van der Waals surface area contributed by atoms with Gasteiger partial charge in [-0.2, -0.15) is 10.5 Å². The Morgan fingerprint density at radius 1 is 1.39 bits per heavy atom. The van der Waals surface area contributed by atoms with E-state index in [1.54, 1.807) is 4.90 Å². The molecule has 3 N–H and O–H groups in total. The van der Waals surface area contributed by atoms with Crippen LogP contribution in [0, 0.1) is 11.3 Å². The number of carbonyl (C=O) groups excluding carboxylic acids is 2. The van der Waals surface area contributed by atoms with Crippen molar-refractivity contribution in [3.8, 4) is 17.5 Å². The van der Waals surface area contributed by atoms with Crippen molar-refractivity contribution in [3.05, 3.63) is 24.3 Å². The van der Waals surface area contributed by atoms with Crippen molar-refractivity contribution in [1.82, 2.24) is 30.4 Å². The van der Waals surface area contributed by atoms with Crippen molar-refractivity contribution in [3.63, 3.8) is 0 Å². The van der Waals surface area contributed by atoms with Gasteiger partial charge in [-0.25, -0.2) is 0 Å². The zero-order chi connectivity index (χ0) is 21.5. The molecule has 2 aromatic rings. The maximum absolute atomic E-state index is 13.2. The predicted octanol–water partition coefficient (Wildman–Crippen LogP) is -0.502. The van der Waals surface area contributed by atoms with E-state index in [9.17, 15) is 14.9 Å². The average molecular weight is 421 g/mol. The van der Waals surface area contributed by atoms with Crippen LogP contribution in [0.1, 0.15) is 19.3 Å². The summed E-state index contributed by atoms with van der Waals surface area (Å²) in [6.07, 6.45) is 2.19. The van der Waals surface area contributed by atoms with E-state index >= 15 is 0 Å². The third kappa shape index (κ3) is 3.24. The maximum atomic E-state index is 13.2. The molecule has 0 aliphatic carbocycles. The second-order valence-electron chi connectivity index (χ2n) is 8.25. The normalized spacial score (nSPS) is 26.5. The summed E-state index contributed by atoms with van der Waals surface area (Å²) in [6, 6.07) is 8.22. The fourth-order valence-electron chi connectivity index (χ4n) is 5.04. The van der Waals surface area contributed by atoms with Crippen LogP contribution in [0.25, 0.3) is 11.4 Å². The molecule has 0 radical (unpaired) electrons. The maximum Gasteiger partial charge on any atom is 0.244 e. The summed E-state index contributed by atoms with van der Waals surface area (Å²) in [5.41, 5.74) is 7.71. The van der Waals surface area contributed by atoms with Crippen LogP contribution in [0.15, 0.2) is 24.3 Å². The SMILES string of the molecule is N#C[C@@H]1CCCN1C(=O)[C@@H](N)CN1C[C@H]2C[C@@H]1C(=O)N2c1ccccc1-c1nn[nH]n1. The van der Waals surface area contributed by atoms with Crippen LogP contribution < -0.4 is 10.6 Å². The highest BCUT2D eigenvalue weighted by molar-refractivity contribution is 6.04. The summed E-state index contributed by atoms with van der Waals surface area (Å²) in [7, 11) is 0. The van der Waals surface area contributed by atoms with Gasteiger partial charge in [0.05, 0.1) is 29.9 Å². The highest BCUT2D eigenvalue weighted by Crippen LogP contribution is 2.39. The van der Waals surface area contributed by atoms with Gasteiger partial charge in [-0.15, -0.1) is 10.2 Å². The zero-order valence-corrected chi connectivity index (χ0v) is 16.9. The molecule has 3 fully saturated rings. The zero-order valence-electron chi connectivity index (χ0n) is 16.9. The monoisotopic (exact) mass is 421 g/mol. The van der Waals surface area contributed by atoms with Crippen molar-refractivity contribution >= 4 is 17.5 Å². The summed E-state index contributed by atoms with van der Waals surface area (Å²) in [4.78, 5) is 31.4. The van der Waals surface area contributed by atoms with Crippen molar-refractivity contribution in [2.75, 3.05) is 24.5 Å². The lowest BCUT2D eigenvalue weighted by molar-refractivity contribution is -0.134. The van der Waals surface area contributed by atoms with E-state index < -0.39 is 12.1 Å². The Morgan fingerprint density at radius 3 is 2.97 bits per heavy atom. The Balaban J connectivity index is 1.30. The van der Waals surface area contributed by atoms with Gasteiger partial charge in [-0.05, 0) is 36.6 Å². The minimum absolute atomic E-state index is 0.00787. The van der Waals surface area contributed by atoms with Gasteiger partial charge in [0, 0.05) is 25.2 Å². The third-order valence-corrected chi connectivity index (χ3v) is 6.45. The smallest absolute Gasteiger partial charge is 0.244 e. The van der Waals surface area contributed by atoms with Crippen LogP contribution in [-0.4, -0.2) is 86.0 Å². The second kappa shape index (κ2) is 7.72. The molecule has 4 heterocycles. The molecule has 11 heteroatoms. The van der Waals surface area contributed by atoms with Gasteiger partial charge in [0.1, 0.15) is 6.04 Å². The highest BCUT2D eigenvalue weighted by atomic mass is 16.2. The lowest BCUT2D eigenvalue weighted by atomic mass is 10.1. The number of anilines is 1. The van der Waals surface area contributed by atoms with E-state index in [0.717, 1.165) is 17.7 Å². The van der Waals surface area contributed by atoms with Crippen molar-refractivity contribution in [1.29, 1.82) is 5.26 Å². The Hall–Kier alpha value is -3.36. The minimum Gasteiger partial charge on any atom is -0.325 e. The number of carbonyl (C=O) groups is 2. The van der Waals surface area contributed by atoms with Crippen LogP contribution >= 0.6 is 0 Å². The number of amides is 2. The fourth-order valence-corrected chi connectivity index (χ4v) is 5.04. The molecule has 3 aliphatic rings. The first kappa shape index (κ1) is 19.6.